The minimum absolute atomic E-state index is 0.0629. The molecule has 0 bridgehead atoms. The van der Waals surface area contributed by atoms with Gasteiger partial charge in [-0.25, -0.2) is 4.98 Å². The molecular weight excluding hydrogens is 374 g/mol. The fraction of sp³-hybridized carbons (Fsp3) is 0.450. The van der Waals surface area contributed by atoms with Crippen molar-refractivity contribution >= 4 is 17.7 Å². The quantitative estimate of drug-likeness (QED) is 0.546. The Kier molecular flexibility index (Phi) is 7.88. The number of hydrogen-bond donors (Lipinski definition) is 3. The molecule has 5 N–H and O–H groups in total. The summed E-state index contributed by atoms with van der Waals surface area (Å²) < 4.78 is 16.7. The van der Waals surface area contributed by atoms with E-state index >= 15 is 0 Å². The van der Waals surface area contributed by atoms with E-state index in [0.29, 0.717) is 41.9 Å². The maximum Gasteiger partial charge on any atom is 0.223 e. The van der Waals surface area contributed by atoms with Crippen LogP contribution in [0.25, 0.3) is 0 Å². The average molecular weight is 403 g/mol. The predicted molar refractivity (Wildman–Crippen MR) is 111 cm³/mol. The van der Waals surface area contributed by atoms with Gasteiger partial charge in [-0.2, -0.15) is 4.98 Å². The first kappa shape index (κ1) is 22.1. The maximum atomic E-state index is 11.9. The van der Waals surface area contributed by atoms with Gasteiger partial charge < -0.3 is 31.0 Å². The molecule has 0 fully saturated rings. The Morgan fingerprint density at radius 2 is 1.83 bits per heavy atom. The summed E-state index contributed by atoms with van der Waals surface area (Å²) in [5.74, 6) is 2.22. The molecule has 29 heavy (non-hydrogen) atoms. The lowest BCUT2D eigenvalue weighted by Gasteiger charge is -2.16. The second-order valence-corrected chi connectivity index (χ2v) is 6.94. The van der Waals surface area contributed by atoms with Gasteiger partial charge in [0, 0.05) is 24.7 Å². The Morgan fingerprint density at radius 3 is 2.38 bits per heavy atom. The summed E-state index contributed by atoms with van der Waals surface area (Å²) in [7, 11) is 3.09. The highest BCUT2D eigenvalue weighted by Gasteiger charge is 2.16. The molecule has 0 saturated carbocycles. The zero-order valence-electron chi connectivity index (χ0n) is 17.3. The number of nitrogens with two attached hydrogens (primary N) is 2. The summed E-state index contributed by atoms with van der Waals surface area (Å²) in [6.07, 6.45) is 2.30. The van der Waals surface area contributed by atoms with Crippen molar-refractivity contribution in [3.8, 4) is 17.2 Å². The number of nitrogens with one attached hydrogen (secondary N) is 1. The SMILES string of the molecule is COc1cc(Cc2cnc(N)nc2N)cc(OC)c1OCCC(=O)NCC(C)C. The van der Waals surface area contributed by atoms with Gasteiger partial charge in [0.25, 0.3) is 0 Å². The van der Waals surface area contributed by atoms with Gasteiger partial charge in [0.2, 0.25) is 17.6 Å². The van der Waals surface area contributed by atoms with Gasteiger partial charge >= 0.3 is 0 Å². The van der Waals surface area contributed by atoms with Crippen LogP contribution in [0.3, 0.4) is 0 Å². The number of rotatable bonds is 10. The van der Waals surface area contributed by atoms with Crippen LogP contribution in [-0.4, -0.2) is 43.2 Å². The zero-order chi connectivity index (χ0) is 21.4. The van der Waals surface area contributed by atoms with Crippen molar-refractivity contribution < 1.29 is 19.0 Å². The van der Waals surface area contributed by atoms with Crippen LogP contribution in [0.5, 0.6) is 17.2 Å². The van der Waals surface area contributed by atoms with Crippen LogP contribution in [0.4, 0.5) is 11.8 Å². The lowest BCUT2D eigenvalue weighted by molar-refractivity contribution is -0.121. The number of nitrogens with zero attached hydrogens (tertiary/aromatic N) is 2. The minimum atomic E-state index is -0.0629. The molecule has 0 radical (unpaired) electrons. The molecule has 1 aromatic carbocycles. The van der Waals surface area contributed by atoms with Crippen LogP contribution in [-0.2, 0) is 11.2 Å². The van der Waals surface area contributed by atoms with E-state index < -0.39 is 0 Å². The zero-order valence-corrected chi connectivity index (χ0v) is 17.3. The van der Waals surface area contributed by atoms with E-state index in [4.69, 9.17) is 25.7 Å². The molecule has 1 amide bonds. The Hall–Kier alpha value is -3.23. The molecule has 2 aromatic rings. The van der Waals surface area contributed by atoms with Crippen LogP contribution in [0.1, 0.15) is 31.4 Å². The molecule has 1 heterocycles. The predicted octanol–water partition coefficient (Wildman–Crippen LogP) is 1.79. The summed E-state index contributed by atoms with van der Waals surface area (Å²) in [5.41, 5.74) is 13.1. The summed E-state index contributed by atoms with van der Waals surface area (Å²) >= 11 is 0. The van der Waals surface area contributed by atoms with Crippen molar-refractivity contribution in [2.45, 2.75) is 26.7 Å². The Bertz CT molecular complexity index is 817. The highest BCUT2D eigenvalue weighted by atomic mass is 16.5. The Balaban J connectivity index is 2.12. The lowest BCUT2D eigenvalue weighted by Crippen LogP contribution is -2.28. The monoisotopic (exact) mass is 403 g/mol. The molecular formula is C20H29N5O4. The van der Waals surface area contributed by atoms with Gasteiger partial charge in [-0.15, -0.1) is 0 Å². The lowest BCUT2D eigenvalue weighted by atomic mass is 10.1. The third-order valence-corrected chi connectivity index (χ3v) is 4.11. The fourth-order valence-electron chi connectivity index (χ4n) is 2.62. The van der Waals surface area contributed by atoms with Gasteiger partial charge in [0.05, 0.1) is 27.2 Å². The number of aromatic nitrogens is 2. The number of methoxy groups -OCH3 is 2. The van der Waals surface area contributed by atoms with Crippen molar-refractivity contribution in [1.29, 1.82) is 0 Å². The van der Waals surface area contributed by atoms with Gasteiger partial charge in [-0.1, -0.05) is 13.8 Å². The molecule has 0 unspecified atom stereocenters. The van der Waals surface area contributed by atoms with Crippen LogP contribution >= 0.6 is 0 Å². The molecule has 9 heteroatoms. The van der Waals surface area contributed by atoms with E-state index in [1.807, 2.05) is 26.0 Å². The van der Waals surface area contributed by atoms with Crippen molar-refractivity contribution in [2.24, 2.45) is 5.92 Å². The minimum Gasteiger partial charge on any atom is -0.493 e. The van der Waals surface area contributed by atoms with Gasteiger partial charge in [0.1, 0.15) is 5.82 Å². The maximum absolute atomic E-state index is 11.9. The second-order valence-electron chi connectivity index (χ2n) is 6.94. The van der Waals surface area contributed by atoms with Crippen molar-refractivity contribution in [3.05, 3.63) is 29.5 Å². The van der Waals surface area contributed by atoms with Gasteiger partial charge in [-0.3, -0.25) is 4.79 Å². The van der Waals surface area contributed by atoms with E-state index in [9.17, 15) is 4.79 Å². The van der Waals surface area contributed by atoms with E-state index in [1.165, 1.54) is 0 Å². The molecule has 2 rings (SSSR count). The van der Waals surface area contributed by atoms with E-state index in [0.717, 1.165) is 11.1 Å². The fourth-order valence-corrected chi connectivity index (χ4v) is 2.62. The summed E-state index contributed by atoms with van der Waals surface area (Å²) in [5, 5.41) is 2.86. The summed E-state index contributed by atoms with van der Waals surface area (Å²) in [4.78, 5) is 19.8. The molecule has 0 atom stereocenters. The van der Waals surface area contributed by atoms with Gasteiger partial charge in [-0.05, 0) is 23.6 Å². The normalized spacial score (nSPS) is 10.7. The Labute approximate surface area is 170 Å². The number of carbonyl (C=O) groups excluding carboxylic acids is 1. The van der Waals surface area contributed by atoms with E-state index in [1.54, 1.807) is 20.4 Å². The van der Waals surface area contributed by atoms with Crippen LogP contribution in [0.2, 0.25) is 0 Å². The first-order valence-electron chi connectivity index (χ1n) is 9.35. The molecule has 0 spiro atoms. The molecule has 158 valence electrons. The van der Waals surface area contributed by atoms with E-state index in [-0.39, 0.29) is 24.9 Å². The first-order valence-corrected chi connectivity index (χ1v) is 9.35. The van der Waals surface area contributed by atoms with E-state index in [2.05, 4.69) is 15.3 Å². The molecule has 0 aliphatic carbocycles. The van der Waals surface area contributed by atoms with Gasteiger partial charge in [0.15, 0.2) is 11.5 Å². The van der Waals surface area contributed by atoms with Crippen molar-refractivity contribution in [3.63, 3.8) is 0 Å². The largest absolute Gasteiger partial charge is 0.493 e. The van der Waals surface area contributed by atoms with Crippen LogP contribution < -0.4 is 31.0 Å². The highest BCUT2D eigenvalue weighted by Crippen LogP contribution is 2.39. The molecule has 0 aliphatic rings. The molecule has 9 nitrogen and oxygen atoms in total. The topological polar surface area (TPSA) is 135 Å². The van der Waals surface area contributed by atoms with Crippen molar-refractivity contribution in [1.82, 2.24) is 15.3 Å². The molecule has 0 aliphatic heterocycles. The standard InChI is InChI=1S/C20H29N5O4/c1-12(2)10-23-17(26)5-6-29-18-15(27-3)8-13(9-16(18)28-4)7-14-11-24-20(22)25-19(14)21/h8-9,11-12H,5-7,10H2,1-4H3,(H,23,26)(H4,21,22,24,25). The average Bonchev–Trinajstić information content (AvgIpc) is 2.68. The Morgan fingerprint density at radius 1 is 1.17 bits per heavy atom. The second kappa shape index (κ2) is 10.4. The summed E-state index contributed by atoms with van der Waals surface area (Å²) in [6, 6.07) is 3.65. The highest BCUT2D eigenvalue weighted by molar-refractivity contribution is 5.76. The number of amides is 1. The molecule has 1 aromatic heterocycles. The van der Waals surface area contributed by atoms with Crippen LogP contribution in [0.15, 0.2) is 18.3 Å². The molecule has 0 saturated heterocycles. The third-order valence-electron chi connectivity index (χ3n) is 4.11. The number of hydrogen-bond acceptors (Lipinski definition) is 8. The third kappa shape index (κ3) is 6.41. The smallest absolute Gasteiger partial charge is 0.223 e. The number of carbonyl (C=O) groups is 1. The number of anilines is 2. The summed E-state index contributed by atoms with van der Waals surface area (Å²) in [6.45, 7) is 4.92. The number of nitrogen functional groups attached to an aromatic ring is 2. The number of benzene rings is 1. The number of ether oxygens (including phenoxy) is 3. The first-order chi connectivity index (χ1) is 13.8. The van der Waals surface area contributed by atoms with Crippen LogP contribution in [0, 0.1) is 5.92 Å². The van der Waals surface area contributed by atoms with Crippen molar-refractivity contribution in [2.75, 3.05) is 38.8 Å².